The van der Waals surface area contributed by atoms with Gasteiger partial charge in [0.15, 0.2) is 5.76 Å². The first-order valence-electron chi connectivity index (χ1n) is 9.43. The Labute approximate surface area is 172 Å². The number of nitro benzene ring substituents is 1. The molecule has 0 radical (unpaired) electrons. The molecule has 2 amide bonds. The van der Waals surface area contributed by atoms with Crippen molar-refractivity contribution in [3.05, 3.63) is 92.9 Å². The average Bonchev–Trinajstić information content (AvgIpc) is 3.27. The van der Waals surface area contributed by atoms with E-state index in [9.17, 15) is 19.7 Å². The number of nitrogens with one attached hydrogen (secondary N) is 1. The second-order valence-corrected chi connectivity index (χ2v) is 7.15. The lowest BCUT2D eigenvalue weighted by atomic mass is 9.98. The summed E-state index contributed by atoms with van der Waals surface area (Å²) in [5, 5.41) is 13.9. The van der Waals surface area contributed by atoms with Crippen molar-refractivity contribution < 1.29 is 18.9 Å². The predicted octanol–water partition coefficient (Wildman–Crippen LogP) is 3.95. The zero-order valence-corrected chi connectivity index (χ0v) is 16.3. The minimum Gasteiger partial charge on any atom is -0.459 e. The smallest absolute Gasteiger partial charge is 0.289 e. The Hall–Kier alpha value is -3.94. The zero-order chi connectivity index (χ0) is 21.3. The Morgan fingerprint density at radius 2 is 1.97 bits per heavy atom. The van der Waals surface area contributed by atoms with Gasteiger partial charge in [-0.05, 0) is 54.8 Å². The largest absolute Gasteiger partial charge is 0.459 e. The summed E-state index contributed by atoms with van der Waals surface area (Å²) >= 11 is 0. The quantitative estimate of drug-likeness (QED) is 0.523. The zero-order valence-electron chi connectivity index (χ0n) is 16.3. The third-order valence-electron chi connectivity index (χ3n) is 5.16. The molecule has 0 bridgehead atoms. The van der Waals surface area contributed by atoms with Crippen molar-refractivity contribution in [3.63, 3.8) is 0 Å². The molecule has 1 aromatic heterocycles. The van der Waals surface area contributed by atoms with Crippen LogP contribution in [0.2, 0.25) is 0 Å². The van der Waals surface area contributed by atoms with Crippen LogP contribution in [-0.4, -0.2) is 28.2 Å². The first-order chi connectivity index (χ1) is 14.4. The van der Waals surface area contributed by atoms with Gasteiger partial charge in [0.2, 0.25) is 0 Å². The summed E-state index contributed by atoms with van der Waals surface area (Å²) in [5.74, 6) is -0.312. The molecule has 0 unspecified atom stereocenters. The van der Waals surface area contributed by atoms with Crippen molar-refractivity contribution in [2.75, 3.05) is 11.9 Å². The Balaban J connectivity index is 1.51. The number of hydrogen-bond donors (Lipinski definition) is 1. The third kappa shape index (κ3) is 3.80. The van der Waals surface area contributed by atoms with Crippen LogP contribution in [0.4, 0.5) is 11.4 Å². The van der Waals surface area contributed by atoms with Crippen molar-refractivity contribution in [2.45, 2.75) is 19.9 Å². The summed E-state index contributed by atoms with van der Waals surface area (Å²) < 4.78 is 5.20. The van der Waals surface area contributed by atoms with E-state index in [0.29, 0.717) is 36.5 Å². The van der Waals surface area contributed by atoms with Crippen LogP contribution in [0, 0.1) is 17.0 Å². The molecule has 0 aliphatic carbocycles. The van der Waals surface area contributed by atoms with Crippen molar-refractivity contribution in [1.29, 1.82) is 0 Å². The second kappa shape index (κ2) is 7.82. The van der Waals surface area contributed by atoms with Gasteiger partial charge in [0.1, 0.15) is 0 Å². The summed E-state index contributed by atoms with van der Waals surface area (Å²) in [6.45, 7) is 2.62. The summed E-state index contributed by atoms with van der Waals surface area (Å²) in [5.41, 5.74) is 3.22. The molecule has 152 valence electrons. The number of anilines is 1. The van der Waals surface area contributed by atoms with E-state index < -0.39 is 10.8 Å². The highest BCUT2D eigenvalue weighted by Gasteiger charge is 2.24. The van der Waals surface area contributed by atoms with E-state index >= 15 is 0 Å². The number of furan rings is 1. The van der Waals surface area contributed by atoms with E-state index in [1.54, 1.807) is 42.2 Å². The van der Waals surface area contributed by atoms with Gasteiger partial charge in [-0.25, -0.2) is 0 Å². The molecular formula is C22H19N3O5. The molecule has 0 fully saturated rings. The highest BCUT2D eigenvalue weighted by molar-refractivity contribution is 6.04. The van der Waals surface area contributed by atoms with E-state index in [0.717, 1.165) is 11.1 Å². The number of fused-ring (bicyclic) bond motifs is 1. The number of amides is 2. The van der Waals surface area contributed by atoms with Gasteiger partial charge < -0.3 is 14.6 Å². The molecule has 4 rings (SSSR count). The van der Waals surface area contributed by atoms with E-state index in [-0.39, 0.29) is 17.2 Å². The number of aryl methyl sites for hydroxylation is 1. The maximum Gasteiger partial charge on any atom is 0.289 e. The molecule has 0 saturated carbocycles. The number of carbonyl (C=O) groups excluding carboxylic acids is 2. The van der Waals surface area contributed by atoms with Gasteiger partial charge in [-0.1, -0.05) is 12.1 Å². The van der Waals surface area contributed by atoms with Gasteiger partial charge in [0.05, 0.1) is 11.2 Å². The summed E-state index contributed by atoms with van der Waals surface area (Å²) in [6.07, 6.45) is 2.17. The third-order valence-corrected chi connectivity index (χ3v) is 5.16. The van der Waals surface area contributed by atoms with Crippen molar-refractivity contribution in [1.82, 2.24) is 4.90 Å². The van der Waals surface area contributed by atoms with Crippen LogP contribution in [0.25, 0.3) is 0 Å². The maximum atomic E-state index is 12.6. The van der Waals surface area contributed by atoms with E-state index in [4.69, 9.17) is 4.42 Å². The highest BCUT2D eigenvalue weighted by atomic mass is 16.6. The van der Waals surface area contributed by atoms with Gasteiger partial charge in [0, 0.05) is 36.0 Å². The number of hydrogen-bond acceptors (Lipinski definition) is 5. The predicted molar refractivity (Wildman–Crippen MR) is 109 cm³/mol. The van der Waals surface area contributed by atoms with Gasteiger partial charge in [-0.3, -0.25) is 19.7 Å². The standard InChI is InChI=1S/C22H19N3O5/c1-14-4-5-16(12-19(14)25(28)29)21(26)23-18-7-6-15-8-9-24(13-17(15)11-18)22(27)20-3-2-10-30-20/h2-7,10-12H,8-9,13H2,1H3,(H,23,26). The van der Waals surface area contributed by atoms with Crippen LogP contribution in [0.3, 0.4) is 0 Å². The minimum absolute atomic E-state index is 0.0971. The second-order valence-electron chi connectivity index (χ2n) is 7.15. The van der Waals surface area contributed by atoms with Gasteiger partial charge in [-0.2, -0.15) is 0 Å². The van der Waals surface area contributed by atoms with E-state index in [2.05, 4.69) is 5.32 Å². The van der Waals surface area contributed by atoms with Gasteiger partial charge in [-0.15, -0.1) is 0 Å². The number of benzene rings is 2. The van der Waals surface area contributed by atoms with Crippen molar-refractivity contribution in [3.8, 4) is 0 Å². The van der Waals surface area contributed by atoms with Gasteiger partial charge in [0.25, 0.3) is 17.5 Å². The number of nitro groups is 1. The summed E-state index contributed by atoms with van der Waals surface area (Å²) in [7, 11) is 0. The molecule has 30 heavy (non-hydrogen) atoms. The van der Waals surface area contributed by atoms with Crippen molar-refractivity contribution >= 4 is 23.2 Å². The number of rotatable bonds is 4. The molecule has 1 aliphatic heterocycles. The lowest BCUT2D eigenvalue weighted by molar-refractivity contribution is -0.385. The SMILES string of the molecule is Cc1ccc(C(=O)Nc2ccc3c(c2)CN(C(=O)c2ccco2)CC3)cc1[N+](=O)[O-]. The first kappa shape index (κ1) is 19.4. The first-order valence-corrected chi connectivity index (χ1v) is 9.43. The topological polar surface area (TPSA) is 106 Å². The molecule has 0 atom stereocenters. The summed E-state index contributed by atoms with van der Waals surface area (Å²) in [6, 6.07) is 13.2. The number of nitrogens with zero attached hydrogens (tertiary/aromatic N) is 2. The fourth-order valence-corrected chi connectivity index (χ4v) is 3.51. The molecule has 8 nitrogen and oxygen atoms in total. The lowest BCUT2D eigenvalue weighted by Crippen LogP contribution is -2.35. The molecule has 8 heteroatoms. The molecule has 1 aliphatic rings. The normalized spacial score (nSPS) is 12.9. The van der Waals surface area contributed by atoms with Crippen LogP contribution in [-0.2, 0) is 13.0 Å². The van der Waals surface area contributed by atoms with E-state index in [1.165, 1.54) is 12.3 Å². The van der Waals surface area contributed by atoms with E-state index in [1.807, 2.05) is 12.1 Å². The van der Waals surface area contributed by atoms with Crippen LogP contribution >= 0.6 is 0 Å². The van der Waals surface area contributed by atoms with Crippen LogP contribution < -0.4 is 5.32 Å². The fraction of sp³-hybridized carbons (Fsp3) is 0.182. The minimum atomic E-state index is -0.504. The molecule has 0 saturated heterocycles. The summed E-state index contributed by atoms with van der Waals surface area (Å²) in [4.78, 5) is 37.4. The Morgan fingerprint density at radius 1 is 1.13 bits per heavy atom. The Bertz CT molecular complexity index is 1140. The molecule has 2 heterocycles. The monoisotopic (exact) mass is 405 g/mol. The molecule has 0 spiro atoms. The highest BCUT2D eigenvalue weighted by Crippen LogP contribution is 2.25. The van der Waals surface area contributed by atoms with Crippen LogP contribution in [0.1, 0.15) is 37.6 Å². The lowest BCUT2D eigenvalue weighted by Gasteiger charge is -2.28. The van der Waals surface area contributed by atoms with Crippen molar-refractivity contribution in [2.24, 2.45) is 0 Å². The molecule has 1 N–H and O–H groups in total. The Kier molecular flexibility index (Phi) is 5.05. The fourth-order valence-electron chi connectivity index (χ4n) is 3.51. The maximum absolute atomic E-state index is 12.6. The molecular weight excluding hydrogens is 386 g/mol. The van der Waals surface area contributed by atoms with Crippen LogP contribution in [0.15, 0.2) is 59.2 Å². The number of carbonyl (C=O) groups is 2. The Morgan fingerprint density at radius 3 is 2.70 bits per heavy atom. The van der Waals surface area contributed by atoms with Gasteiger partial charge >= 0.3 is 0 Å². The average molecular weight is 405 g/mol. The molecule has 3 aromatic rings. The molecule has 2 aromatic carbocycles. The van der Waals surface area contributed by atoms with Crippen LogP contribution in [0.5, 0.6) is 0 Å².